The second kappa shape index (κ2) is 9.27. The quantitative estimate of drug-likeness (QED) is 0.618. The van der Waals surface area contributed by atoms with Crippen LogP contribution in [-0.4, -0.2) is 47.0 Å². The molecule has 1 N–H and O–H groups in total. The summed E-state index contributed by atoms with van der Waals surface area (Å²) in [5, 5.41) is 3.02. The topological polar surface area (TPSA) is 67.3 Å². The zero-order chi connectivity index (χ0) is 21.8. The van der Waals surface area contributed by atoms with Crippen molar-refractivity contribution in [2.45, 2.75) is 27.2 Å². The van der Waals surface area contributed by atoms with Gasteiger partial charge in [0, 0.05) is 40.3 Å². The van der Waals surface area contributed by atoms with E-state index in [1.54, 1.807) is 6.33 Å². The van der Waals surface area contributed by atoms with E-state index >= 15 is 0 Å². The Hall–Kier alpha value is -3.25. The van der Waals surface area contributed by atoms with Gasteiger partial charge in [0.25, 0.3) is 5.91 Å². The Morgan fingerprint density at radius 1 is 1.06 bits per heavy atom. The van der Waals surface area contributed by atoms with E-state index < -0.39 is 0 Å². The van der Waals surface area contributed by atoms with Crippen molar-refractivity contribution in [3.05, 3.63) is 71.3 Å². The Labute approximate surface area is 183 Å². The molecule has 0 atom stereocenters. The van der Waals surface area contributed by atoms with Crippen LogP contribution in [0, 0.1) is 20.8 Å². The molecule has 0 aliphatic carbocycles. The van der Waals surface area contributed by atoms with Gasteiger partial charge in [-0.25, -0.2) is 9.97 Å². The van der Waals surface area contributed by atoms with Crippen molar-refractivity contribution in [3.8, 4) is 16.9 Å². The van der Waals surface area contributed by atoms with Crippen molar-refractivity contribution in [2.75, 3.05) is 31.6 Å². The van der Waals surface area contributed by atoms with Crippen LogP contribution in [0.15, 0.2) is 48.8 Å². The van der Waals surface area contributed by atoms with E-state index in [1.165, 1.54) is 6.42 Å². The minimum Gasteiger partial charge on any atom is -0.492 e. The minimum absolute atomic E-state index is 0.131. The molecule has 0 radical (unpaired) electrons. The molecule has 0 bridgehead atoms. The molecule has 3 aromatic rings. The largest absolute Gasteiger partial charge is 0.492 e. The first kappa shape index (κ1) is 21.0. The van der Waals surface area contributed by atoms with Crippen molar-refractivity contribution in [3.63, 3.8) is 0 Å². The van der Waals surface area contributed by atoms with Gasteiger partial charge >= 0.3 is 0 Å². The van der Waals surface area contributed by atoms with E-state index in [-0.39, 0.29) is 5.91 Å². The Morgan fingerprint density at radius 3 is 2.48 bits per heavy atom. The van der Waals surface area contributed by atoms with Crippen LogP contribution >= 0.6 is 0 Å². The van der Waals surface area contributed by atoms with E-state index in [0.717, 1.165) is 53.5 Å². The zero-order valence-corrected chi connectivity index (χ0v) is 18.3. The number of aryl methyl sites for hydroxylation is 3. The standard InChI is InChI=1S/C25H28N4O2/c1-17-7-4-5-8-21(17)25(30)28-20-9-10-23(31-14-13-29-11-6-12-29)22(15-20)24-18(2)26-16-27-19(24)3/h4-5,7-10,15-16H,6,11-14H2,1-3H3,(H,28,30). The third-order valence-corrected chi connectivity index (χ3v) is 5.74. The smallest absolute Gasteiger partial charge is 0.255 e. The monoisotopic (exact) mass is 416 g/mol. The SMILES string of the molecule is Cc1ccccc1C(=O)Nc1ccc(OCCN2CCC2)c(-c2c(C)ncnc2C)c1. The predicted molar refractivity (Wildman–Crippen MR) is 123 cm³/mol. The maximum Gasteiger partial charge on any atom is 0.255 e. The van der Waals surface area contributed by atoms with Crippen LogP contribution in [0.1, 0.15) is 33.7 Å². The first-order chi connectivity index (χ1) is 15.0. The van der Waals surface area contributed by atoms with Crippen LogP contribution in [-0.2, 0) is 0 Å². The molecule has 2 aromatic carbocycles. The number of aromatic nitrogens is 2. The normalized spacial score (nSPS) is 13.5. The van der Waals surface area contributed by atoms with Crippen LogP contribution in [0.5, 0.6) is 5.75 Å². The Kier molecular flexibility index (Phi) is 6.28. The number of carbonyl (C=O) groups excluding carboxylic acids is 1. The molecular formula is C25H28N4O2. The van der Waals surface area contributed by atoms with Crippen LogP contribution in [0.2, 0.25) is 0 Å². The molecule has 6 heteroatoms. The predicted octanol–water partition coefficient (Wildman–Crippen LogP) is 4.41. The van der Waals surface area contributed by atoms with Gasteiger partial charge in [0.2, 0.25) is 0 Å². The van der Waals surface area contributed by atoms with Gasteiger partial charge in [-0.05, 0) is 70.1 Å². The van der Waals surface area contributed by atoms with Crippen molar-refractivity contribution in [1.29, 1.82) is 0 Å². The summed E-state index contributed by atoms with van der Waals surface area (Å²) < 4.78 is 6.16. The Morgan fingerprint density at radius 2 is 1.81 bits per heavy atom. The summed E-state index contributed by atoms with van der Waals surface area (Å²) in [6.07, 6.45) is 2.84. The highest BCUT2D eigenvalue weighted by Gasteiger charge is 2.17. The lowest BCUT2D eigenvalue weighted by atomic mass is 10.0. The van der Waals surface area contributed by atoms with Crippen LogP contribution in [0.3, 0.4) is 0 Å². The van der Waals surface area contributed by atoms with Gasteiger partial charge in [0.1, 0.15) is 18.7 Å². The van der Waals surface area contributed by atoms with E-state index in [9.17, 15) is 4.79 Å². The van der Waals surface area contributed by atoms with Gasteiger partial charge < -0.3 is 10.1 Å². The summed E-state index contributed by atoms with van der Waals surface area (Å²) in [5.41, 5.74) is 5.89. The van der Waals surface area contributed by atoms with Gasteiger partial charge in [-0.15, -0.1) is 0 Å². The molecule has 1 aromatic heterocycles. The van der Waals surface area contributed by atoms with Gasteiger partial charge in [0.05, 0.1) is 0 Å². The van der Waals surface area contributed by atoms with Crippen LogP contribution < -0.4 is 10.1 Å². The highest BCUT2D eigenvalue weighted by atomic mass is 16.5. The highest BCUT2D eigenvalue weighted by Crippen LogP contribution is 2.35. The van der Waals surface area contributed by atoms with Gasteiger partial charge in [0.15, 0.2) is 0 Å². The van der Waals surface area contributed by atoms with Crippen molar-refractivity contribution in [1.82, 2.24) is 14.9 Å². The summed E-state index contributed by atoms with van der Waals surface area (Å²) in [5.74, 6) is 0.642. The number of ether oxygens (including phenoxy) is 1. The number of amides is 1. The fourth-order valence-electron chi connectivity index (χ4n) is 3.83. The second-order valence-electron chi connectivity index (χ2n) is 7.94. The molecule has 1 aliphatic heterocycles. The molecule has 1 saturated heterocycles. The van der Waals surface area contributed by atoms with Crippen molar-refractivity contribution >= 4 is 11.6 Å². The molecule has 0 unspecified atom stereocenters. The fraction of sp³-hybridized carbons (Fsp3) is 0.320. The third kappa shape index (κ3) is 4.75. The average Bonchev–Trinajstić information content (AvgIpc) is 2.71. The lowest BCUT2D eigenvalue weighted by Crippen LogP contribution is -2.39. The van der Waals surface area contributed by atoms with Crippen molar-refractivity contribution < 1.29 is 9.53 Å². The van der Waals surface area contributed by atoms with Gasteiger partial charge in [-0.3, -0.25) is 9.69 Å². The number of nitrogens with one attached hydrogen (secondary N) is 1. The number of hydrogen-bond acceptors (Lipinski definition) is 5. The molecule has 6 nitrogen and oxygen atoms in total. The van der Waals surface area contributed by atoms with Gasteiger partial charge in [-0.2, -0.15) is 0 Å². The first-order valence-corrected chi connectivity index (χ1v) is 10.7. The summed E-state index contributed by atoms with van der Waals surface area (Å²) in [4.78, 5) is 23.9. The molecule has 0 saturated carbocycles. The molecule has 1 fully saturated rings. The Balaban J connectivity index is 1.63. The summed E-state index contributed by atoms with van der Waals surface area (Å²) in [6, 6.07) is 13.3. The minimum atomic E-state index is -0.131. The third-order valence-electron chi connectivity index (χ3n) is 5.74. The van der Waals surface area contributed by atoms with Crippen LogP contribution in [0.4, 0.5) is 5.69 Å². The molecule has 4 rings (SSSR count). The second-order valence-corrected chi connectivity index (χ2v) is 7.94. The molecule has 0 spiro atoms. The lowest BCUT2D eigenvalue weighted by Gasteiger charge is -2.30. The van der Waals surface area contributed by atoms with E-state index in [2.05, 4.69) is 20.2 Å². The molecule has 31 heavy (non-hydrogen) atoms. The maximum atomic E-state index is 12.8. The van der Waals surface area contributed by atoms with Gasteiger partial charge in [-0.1, -0.05) is 18.2 Å². The highest BCUT2D eigenvalue weighted by molar-refractivity contribution is 6.05. The fourth-order valence-corrected chi connectivity index (χ4v) is 3.83. The van der Waals surface area contributed by atoms with E-state index in [0.29, 0.717) is 17.9 Å². The first-order valence-electron chi connectivity index (χ1n) is 10.7. The summed E-state index contributed by atoms with van der Waals surface area (Å²) in [7, 11) is 0. The number of anilines is 1. The number of hydrogen-bond donors (Lipinski definition) is 1. The van der Waals surface area contributed by atoms with E-state index in [1.807, 2.05) is 63.2 Å². The zero-order valence-electron chi connectivity index (χ0n) is 18.3. The average molecular weight is 417 g/mol. The number of likely N-dealkylation sites (tertiary alicyclic amines) is 1. The maximum absolute atomic E-state index is 12.8. The number of rotatable bonds is 7. The van der Waals surface area contributed by atoms with Crippen molar-refractivity contribution in [2.24, 2.45) is 0 Å². The number of carbonyl (C=O) groups is 1. The van der Waals surface area contributed by atoms with Crippen LogP contribution in [0.25, 0.3) is 11.1 Å². The number of nitrogens with zero attached hydrogens (tertiary/aromatic N) is 3. The summed E-state index contributed by atoms with van der Waals surface area (Å²) >= 11 is 0. The molecular weight excluding hydrogens is 388 g/mol. The molecule has 1 aliphatic rings. The molecule has 160 valence electrons. The molecule has 2 heterocycles. The molecule has 1 amide bonds. The number of benzene rings is 2. The Bertz CT molecular complexity index is 1070. The lowest BCUT2D eigenvalue weighted by molar-refractivity contribution is 0.102. The summed E-state index contributed by atoms with van der Waals surface area (Å²) in [6.45, 7) is 9.68. The van der Waals surface area contributed by atoms with E-state index in [4.69, 9.17) is 4.74 Å².